The summed E-state index contributed by atoms with van der Waals surface area (Å²) in [5.41, 5.74) is 2.18. The van der Waals surface area contributed by atoms with Crippen LogP contribution in [0.4, 0.5) is 0 Å². The highest BCUT2D eigenvalue weighted by Crippen LogP contribution is 2.13. The molecule has 0 saturated heterocycles. The van der Waals surface area contributed by atoms with Gasteiger partial charge in [-0.15, -0.1) is 5.10 Å². The molecule has 0 aliphatic carbocycles. The van der Waals surface area contributed by atoms with Gasteiger partial charge in [0.1, 0.15) is 6.07 Å². The molecule has 0 spiro atoms. The average Bonchev–Trinajstić information content (AvgIpc) is 2.86. The molecule has 102 valence electrons. The molecular formula is C14H14N4O2. The first-order valence-electron chi connectivity index (χ1n) is 6.27. The normalized spacial score (nSPS) is 10.1. The van der Waals surface area contributed by atoms with Gasteiger partial charge in [-0.25, -0.2) is 9.48 Å². The predicted molar refractivity (Wildman–Crippen MR) is 71.4 cm³/mol. The van der Waals surface area contributed by atoms with Crippen molar-refractivity contribution < 1.29 is 9.53 Å². The minimum Gasteiger partial charge on any atom is -0.462 e. The van der Waals surface area contributed by atoms with Crippen molar-refractivity contribution in [2.45, 2.75) is 20.3 Å². The van der Waals surface area contributed by atoms with E-state index in [0.717, 1.165) is 12.1 Å². The maximum absolute atomic E-state index is 11.7. The fourth-order valence-corrected chi connectivity index (χ4v) is 1.69. The van der Waals surface area contributed by atoms with Crippen LogP contribution >= 0.6 is 0 Å². The van der Waals surface area contributed by atoms with Crippen LogP contribution < -0.4 is 0 Å². The van der Waals surface area contributed by atoms with E-state index in [0.29, 0.717) is 17.9 Å². The SMILES string of the molecule is CCCOC(=O)c1ccc(-n2nnc(C#N)c2C)cc1. The predicted octanol–water partition coefficient (Wildman–Crippen LogP) is 2.01. The summed E-state index contributed by atoms with van der Waals surface area (Å²) in [5.74, 6) is -0.341. The van der Waals surface area contributed by atoms with E-state index in [9.17, 15) is 4.79 Å². The van der Waals surface area contributed by atoms with Crippen LogP contribution in [0, 0.1) is 18.3 Å². The molecule has 0 saturated carbocycles. The Hall–Kier alpha value is -2.68. The molecular weight excluding hydrogens is 256 g/mol. The standard InChI is InChI=1S/C14H14N4O2/c1-3-8-20-14(19)11-4-6-12(7-5-11)18-10(2)13(9-15)16-17-18/h4-7H,3,8H2,1-2H3. The molecule has 1 aromatic carbocycles. The number of aromatic nitrogens is 3. The Morgan fingerprint density at radius 2 is 2.10 bits per heavy atom. The van der Waals surface area contributed by atoms with Gasteiger partial charge in [0.15, 0.2) is 5.69 Å². The third-order valence-corrected chi connectivity index (χ3v) is 2.79. The molecule has 0 radical (unpaired) electrons. The second kappa shape index (κ2) is 5.97. The maximum atomic E-state index is 11.7. The summed E-state index contributed by atoms with van der Waals surface area (Å²) < 4.78 is 6.61. The molecule has 0 fully saturated rings. The zero-order valence-corrected chi connectivity index (χ0v) is 11.3. The lowest BCUT2D eigenvalue weighted by Crippen LogP contribution is -2.06. The Bertz CT molecular complexity index is 653. The van der Waals surface area contributed by atoms with Crippen molar-refractivity contribution in [2.24, 2.45) is 0 Å². The number of carbonyl (C=O) groups is 1. The molecule has 6 heteroatoms. The third kappa shape index (κ3) is 2.67. The largest absolute Gasteiger partial charge is 0.462 e. The highest BCUT2D eigenvalue weighted by atomic mass is 16.5. The van der Waals surface area contributed by atoms with Crippen molar-refractivity contribution in [3.8, 4) is 11.8 Å². The molecule has 0 unspecified atom stereocenters. The highest BCUT2D eigenvalue weighted by molar-refractivity contribution is 5.89. The molecule has 1 heterocycles. The Labute approximate surface area is 116 Å². The lowest BCUT2D eigenvalue weighted by molar-refractivity contribution is 0.0505. The molecule has 0 bridgehead atoms. The minimum absolute atomic E-state index is 0.288. The summed E-state index contributed by atoms with van der Waals surface area (Å²) in [4.78, 5) is 11.7. The monoisotopic (exact) mass is 270 g/mol. The Morgan fingerprint density at radius 3 is 2.65 bits per heavy atom. The molecule has 0 aliphatic rings. The van der Waals surface area contributed by atoms with Crippen LogP contribution in [0.25, 0.3) is 5.69 Å². The van der Waals surface area contributed by atoms with Crippen molar-refractivity contribution in [1.29, 1.82) is 5.26 Å². The van der Waals surface area contributed by atoms with Gasteiger partial charge in [-0.05, 0) is 37.6 Å². The van der Waals surface area contributed by atoms with Crippen molar-refractivity contribution in [3.63, 3.8) is 0 Å². The molecule has 2 rings (SSSR count). The smallest absolute Gasteiger partial charge is 0.338 e. The summed E-state index contributed by atoms with van der Waals surface area (Å²) in [6, 6.07) is 8.79. The average molecular weight is 270 g/mol. The van der Waals surface area contributed by atoms with E-state index >= 15 is 0 Å². The zero-order valence-electron chi connectivity index (χ0n) is 11.3. The maximum Gasteiger partial charge on any atom is 0.338 e. The van der Waals surface area contributed by atoms with Crippen molar-refractivity contribution >= 4 is 5.97 Å². The second-order valence-corrected chi connectivity index (χ2v) is 4.23. The lowest BCUT2D eigenvalue weighted by Gasteiger charge is -2.05. The van der Waals surface area contributed by atoms with Gasteiger partial charge in [-0.2, -0.15) is 5.26 Å². The summed E-state index contributed by atoms with van der Waals surface area (Å²) in [6.07, 6.45) is 0.791. The van der Waals surface area contributed by atoms with Crippen molar-refractivity contribution in [3.05, 3.63) is 41.2 Å². The molecule has 1 aromatic heterocycles. The summed E-state index contributed by atoms with van der Waals surface area (Å²) in [6.45, 7) is 4.12. The molecule has 6 nitrogen and oxygen atoms in total. The van der Waals surface area contributed by atoms with Gasteiger partial charge >= 0.3 is 5.97 Å². The number of nitrogens with zero attached hydrogens (tertiary/aromatic N) is 4. The summed E-state index contributed by atoms with van der Waals surface area (Å²) >= 11 is 0. The number of nitriles is 1. The van der Waals surface area contributed by atoms with Gasteiger partial charge in [-0.3, -0.25) is 0 Å². The van der Waals surface area contributed by atoms with Crippen LogP contribution in [0.5, 0.6) is 0 Å². The second-order valence-electron chi connectivity index (χ2n) is 4.23. The topological polar surface area (TPSA) is 80.8 Å². The van der Waals surface area contributed by atoms with Gasteiger partial charge < -0.3 is 4.74 Å². The van der Waals surface area contributed by atoms with Gasteiger partial charge in [0.25, 0.3) is 0 Å². The number of rotatable bonds is 4. The van der Waals surface area contributed by atoms with Crippen LogP contribution in [0.3, 0.4) is 0 Å². The van der Waals surface area contributed by atoms with Crippen LogP contribution in [0.15, 0.2) is 24.3 Å². The Morgan fingerprint density at radius 1 is 1.40 bits per heavy atom. The molecule has 20 heavy (non-hydrogen) atoms. The van der Waals surface area contributed by atoms with Crippen molar-refractivity contribution in [1.82, 2.24) is 15.0 Å². The molecule has 2 aromatic rings. The van der Waals surface area contributed by atoms with E-state index in [-0.39, 0.29) is 11.7 Å². The fraction of sp³-hybridized carbons (Fsp3) is 0.286. The van der Waals surface area contributed by atoms with E-state index in [4.69, 9.17) is 10.00 Å². The van der Waals surface area contributed by atoms with Crippen LogP contribution in [0.1, 0.15) is 35.1 Å². The van der Waals surface area contributed by atoms with Gasteiger partial charge in [-0.1, -0.05) is 12.1 Å². The summed E-state index contributed by atoms with van der Waals surface area (Å²) in [7, 11) is 0. The molecule has 0 aliphatic heterocycles. The van der Waals surface area contributed by atoms with Crippen molar-refractivity contribution in [2.75, 3.05) is 6.61 Å². The van der Waals surface area contributed by atoms with Crippen LogP contribution in [-0.2, 0) is 4.74 Å². The lowest BCUT2D eigenvalue weighted by atomic mass is 10.2. The van der Waals surface area contributed by atoms with Gasteiger partial charge in [0, 0.05) is 0 Å². The number of carbonyl (C=O) groups excluding carboxylic acids is 1. The number of benzene rings is 1. The Kier molecular flexibility index (Phi) is 4.11. The Balaban J connectivity index is 2.22. The first kappa shape index (κ1) is 13.7. The van der Waals surface area contributed by atoms with E-state index < -0.39 is 0 Å². The molecule has 0 amide bonds. The van der Waals surface area contributed by atoms with E-state index in [1.54, 1.807) is 35.9 Å². The van der Waals surface area contributed by atoms with E-state index in [1.165, 1.54) is 0 Å². The highest BCUT2D eigenvalue weighted by Gasteiger charge is 2.11. The molecule has 0 atom stereocenters. The van der Waals surface area contributed by atoms with Gasteiger partial charge in [0.2, 0.25) is 0 Å². The minimum atomic E-state index is -0.341. The first-order valence-corrected chi connectivity index (χ1v) is 6.27. The van der Waals surface area contributed by atoms with E-state index in [1.807, 2.05) is 13.0 Å². The van der Waals surface area contributed by atoms with Gasteiger partial charge in [0.05, 0.1) is 23.6 Å². The zero-order chi connectivity index (χ0) is 14.5. The molecule has 0 N–H and O–H groups in total. The number of hydrogen-bond acceptors (Lipinski definition) is 5. The van der Waals surface area contributed by atoms with Crippen LogP contribution in [0.2, 0.25) is 0 Å². The first-order chi connectivity index (χ1) is 9.67. The summed E-state index contributed by atoms with van der Waals surface area (Å²) in [5, 5.41) is 16.5. The fourth-order valence-electron chi connectivity index (χ4n) is 1.69. The quantitative estimate of drug-likeness (QED) is 0.794. The number of hydrogen-bond donors (Lipinski definition) is 0. The number of esters is 1. The third-order valence-electron chi connectivity index (χ3n) is 2.79. The van der Waals surface area contributed by atoms with E-state index in [2.05, 4.69) is 10.3 Å². The number of ether oxygens (including phenoxy) is 1. The van der Waals surface area contributed by atoms with Crippen LogP contribution in [-0.4, -0.2) is 27.6 Å².